The first-order valence-electron chi connectivity index (χ1n) is 11.6. The molecule has 1 unspecified atom stereocenters. The van der Waals surface area contributed by atoms with E-state index in [1.165, 1.54) is 20.7 Å². The summed E-state index contributed by atoms with van der Waals surface area (Å²) in [5, 5.41) is 4.22. The van der Waals surface area contributed by atoms with Gasteiger partial charge in [-0.2, -0.15) is 0 Å². The zero-order chi connectivity index (χ0) is 23.7. The van der Waals surface area contributed by atoms with Crippen molar-refractivity contribution in [3.05, 3.63) is 84.2 Å². The van der Waals surface area contributed by atoms with Crippen molar-refractivity contribution in [2.75, 3.05) is 11.1 Å². The Morgan fingerprint density at radius 2 is 1.88 bits per heavy atom. The van der Waals surface area contributed by atoms with Gasteiger partial charge in [-0.3, -0.25) is 4.79 Å². The first kappa shape index (κ1) is 22.9. The van der Waals surface area contributed by atoms with E-state index >= 15 is 0 Å². The molecule has 0 bridgehead atoms. The second-order valence-corrected chi connectivity index (χ2v) is 12.4. The molecule has 0 spiro atoms. The molecule has 2 heterocycles. The van der Waals surface area contributed by atoms with Crippen LogP contribution in [-0.2, 0) is 33.5 Å². The van der Waals surface area contributed by atoms with E-state index in [1.807, 2.05) is 60.0 Å². The van der Waals surface area contributed by atoms with Crippen LogP contribution in [-0.4, -0.2) is 27.1 Å². The number of anilines is 1. The molecule has 0 aliphatic heterocycles. The number of hydrogen-bond acceptors (Lipinski definition) is 3. The molecule has 1 aliphatic rings. The quantitative estimate of drug-likeness (QED) is 0.150. The van der Waals surface area contributed by atoms with Gasteiger partial charge in [0.15, 0.2) is 0 Å². The minimum absolute atomic E-state index is 0.00595. The van der Waals surface area contributed by atoms with E-state index in [4.69, 9.17) is 0 Å². The zero-order valence-corrected chi connectivity index (χ0v) is 21.3. The number of fused-ring (bicyclic) bond motifs is 1. The molecule has 174 valence electrons. The molecule has 0 radical (unpaired) electrons. The highest BCUT2D eigenvalue weighted by Crippen LogP contribution is 2.53. The Hall–Kier alpha value is -2.83. The van der Waals surface area contributed by atoms with Gasteiger partial charge in [-0.15, -0.1) is 22.2 Å². The Bertz CT molecular complexity index is 1350. The van der Waals surface area contributed by atoms with Crippen molar-refractivity contribution in [3.8, 4) is 0 Å². The van der Waals surface area contributed by atoms with Gasteiger partial charge >= 0.3 is 0 Å². The summed E-state index contributed by atoms with van der Waals surface area (Å²) < 4.78 is 2.16. The first-order valence-corrected chi connectivity index (χ1v) is 14.1. The van der Waals surface area contributed by atoms with Crippen LogP contribution >= 0.6 is 11.8 Å². The molecule has 2 aromatic carbocycles. The molecular weight excluding hydrogens is 458 g/mol. The highest BCUT2D eigenvalue weighted by Gasteiger charge is 2.52. The Kier molecular flexibility index (Phi) is 6.36. The smallest absolute Gasteiger partial charge is 0.228 e. The number of thiol groups is 1. The Labute approximate surface area is 207 Å². The molecule has 1 atom stereocenters. The minimum Gasteiger partial charge on any atom is -0.336 e. The van der Waals surface area contributed by atoms with Crippen LogP contribution < -0.4 is 5.32 Å². The number of rotatable bonds is 8. The van der Waals surface area contributed by atoms with Crippen LogP contribution in [0, 0.1) is 0 Å². The number of amides is 1. The molecular formula is C28H30N3OS2+. The van der Waals surface area contributed by atoms with Gasteiger partial charge in [0.05, 0.1) is 12.6 Å². The molecule has 1 saturated carbocycles. The maximum atomic E-state index is 12.6. The second-order valence-electron chi connectivity index (χ2n) is 8.87. The molecule has 1 amide bonds. The van der Waals surface area contributed by atoms with Crippen molar-refractivity contribution in [3.63, 3.8) is 0 Å². The van der Waals surface area contributed by atoms with E-state index in [1.54, 1.807) is 0 Å². The molecule has 1 N–H and O–H groups in total. The van der Waals surface area contributed by atoms with Crippen LogP contribution in [0.2, 0.25) is 0 Å². The van der Waals surface area contributed by atoms with Crippen molar-refractivity contribution < 1.29 is 4.79 Å². The highest BCUT2D eigenvalue weighted by molar-refractivity contribution is 7.99. The molecule has 6 heteroatoms. The summed E-state index contributed by atoms with van der Waals surface area (Å²) in [7, 11) is 1.40. The zero-order valence-electron chi connectivity index (χ0n) is 19.6. The standard InChI is InChI=1S/C28H29N3OS2/c1-4-33-24-11-5-20(6-12-24)17-26(32)30-23-9-7-22(8-10-23)28(14-15-28)34(3)25-18-21-13-16-31(2)27(21)29-19-25/h5-13,16,18-19H,3-4,14-15,17H2,1-2H3,(H,30,32)/p+1. The number of nitrogens with zero attached hydrogens (tertiary/aromatic N) is 2. The summed E-state index contributed by atoms with van der Waals surface area (Å²) in [5.41, 5.74) is 4.18. The fraction of sp³-hybridized carbons (Fsp3) is 0.250. The average Bonchev–Trinajstić information content (AvgIpc) is 3.58. The number of aryl methyl sites for hydroxylation is 1. The number of aromatic nitrogens is 2. The number of carbonyl (C=O) groups is 1. The molecule has 4 aromatic rings. The number of hydrogen-bond donors (Lipinski definition) is 1. The van der Waals surface area contributed by atoms with Gasteiger partial charge in [0.2, 0.25) is 5.91 Å². The van der Waals surface area contributed by atoms with Crippen molar-refractivity contribution in [1.29, 1.82) is 0 Å². The van der Waals surface area contributed by atoms with E-state index in [9.17, 15) is 4.79 Å². The van der Waals surface area contributed by atoms with E-state index in [2.05, 4.69) is 59.5 Å². The lowest BCUT2D eigenvalue weighted by Crippen LogP contribution is -2.16. The summed E-state index contributed by atoms with van der Waals surface area (Å²) in [6.45, 7) is 2.14. The van der Waals surface area contributed by atoms with Gasteiger partial charge in [-0.1, -0.05) is 31.2 Å². The van der Waals surface area contributed by atoms with Gasteiger partial charge in [-0.05, 0) is 41.6 Å². The van der Waals surface area contributed by atoms with Crippen molar-refractivity contribution in [2.24, 2.45) is 7.05 Å². The third-order valence-electron chi connectivity index (χ3n) is 6.55. The molecule has 1 fully saturated rings. The molecule has 0 saturated heterocycles. The average molecular weight is 489 g/mol. The number of benzene rings is 2. The van der Waals surface area contributed by atoms with Gasteiger partial charge in [0, 0.05) is 59.6 Å². The van der Waals surface area contributed by atoms with E-state index < -0.39 is 10.5 Å². The summed E-state index contributed by atoms with van der Waals surface area (Å²) in [6, 6.07) is 21.0. The summed E-state index contributed by atoms with van der Waals surface area (Å²) >= 11 is 1.81. The lowest BCUT2D eigenvalue weighted by molar-refractivity contribution is -0.115. The predicted molar refractivity (Wildman–Crippen MR) is 147 cm³/mol. The Balaban J connectivity index is 1.25. The van der Waals surface area contributed by atoms with E-state index in [0.29, 0.717) is 6.42 Å². The molecule has 5 rings (SSSR count). The summed E-state index contributed by atoms with van der Waals surface area (Å²) in [5.74, 6) is 5.67. The maximum Gasteiger partial charge on any atom is 0.228 e. The number of thioether (sulfide) groups is 1. The normalized spacial score (nSPS) is 15.2. The lowest BCUT2D eigenvalue weighted by Gasteiger charge is -2.16. The lowest BCUT2D eigenvalue weighted by atomic mass is 10.1. The Morgan fingerprint density at radius 1 is 1.15 bits per heavy atom. The third-order valence-corrected chi connectivity index (χ3v) is 10.1. The monoisotopic (exact) mass is 488 g/mol. The molecule has 1 aliphatic carbocycles. The summed E-state index contributed by atoms with van der Waals surface area (Å²) in [4.78, 5) is 19.7. The van der Waals surface area contributed by atoms with Gasteiger partial charge in [0.25, 0.3) is 0 Å². The first-order chi connectivity index (χ1) is 16.5. The predicted octanol–water partition coefficient (Wildman–Crippen LogP) is 5.70. The van der Waals surface area contributed by atoms with Crippen molar-refractivity contribution >= 4 is 50.7 Å². The number of carbonyl (C=O) groups excluding carboxylic acids is 1. The molecule has 2 aromatic heterocycles. The second kappa shape index (κ2) is 9.43. The third kappa shape index (κ3) is 4.57. The van der Waals surface area contributed by atoms with Gasteiger partial charge in [-0.25, -0.2) is 4.98 Å². The van der Waals surface area contributed by atoms with Gasteiger partial charge in [0.1, 0.15) is 15.3 Å². The maximum absolute atomic E-state index is 12.6. The van der Waals surface area contributed by atoms with E-state index in [-0.39, 0.29) is 10.7 Å². The van der Waals surface area contributed by atoms with Crippen LogP contribution in [0.25, 0.3) is 11.0 Å². The van der Waals surface area contributed by atoms with Crippen LogP contribution in [0.5, 0.6) is 0 Å². The van der Waals surface area contributed by atoms with Crippen LogP contribution in [0.15, 0.2) is 82.8 Å². The van der Waals surface area contributed by atoms with Gasteiger partial charge < -0.3 is 9.88 Å². The fourth-order valence-corrected chi connectivity index (χ4v) is 7.26. The van der Waals surface area contributed by atoms with Crippen molar-refractivity contribution in [1.82, 2.24) is 9.55 Å². The summed E-state index contributed by atoms with van der Waals surface area (Å²) in [6.07, 6.45) is 6.72. The Morgan fingerprint density at radius 3 is 2.56 bits per heavy atom. The molecule has 34 heavy (non-hydrogen) atoms. The van der Waals surface area contributed by atoms with Crippen LogP contribution in [0.1, 0.15) is 30.9 Å². The fourth-order valence-electron chi connectivity index (χ4n) is 4.50. The largest absolute Gasteiger partial charge is 0.336 e. The van der Waals surface area contributed by atoms with E-state index in [0.717, 1.165) is 35.5 Å². The van der Waals surface area contributed by atoms with Crippen LogP contribution in [0.4, 0.5) is 5.69 Å². The number of pyridine rings is 1. The topological polar surface area (TPSA) is 46.9 Å². The minimum atomic E-state index is -0.624. The number of nitrogens with one attached hydrogen (secondary N) is 1. The van der Waals surface area contributed by atoms with Crippen LogP contribution in [0.3, 0.4) is 0 Å². The molecule has 4 nitrogen and oxygen atoms in total. The van der Waals surface area contributed by atoms with Crippen molar-refractivity contribution in [2.45, 2.75) is 40.7 Å². The highest BCUT2D eigenvalue weighted by atomic mass is 32.2. The SMILES string of the molecule is C=[SH+](c1cnc2c(ccn2C)c1)C1(c2ccc(NC(=O)Cc3ccc(SCC)cc3)cc2)CC1.